The minimum Gasteiger partial charge on any atom is -0.425 e. The molecule has 2 aliphatic heterocycles. The summed E-state index contributed by atoms with van der Waals surface area (Å²) in [5.74, 6) is 1.08. The predicted octanol–water partition coefficient (Wildman–Crippen LogP) is 4.98. The van der Waals surface area contributed by atoms with Crippen LogP contribution in [0.25, 0.3) is 0 Å². The Labute approximate surface area is 200 Å². The summed E-state index contributed by atoms with van der Waals surface area (Å²) in [5, 5.41) is 0. The summed E-state index contributed by atoms with van der Waals surface area (Å²) < 4.78 is 6.08. The van der Waals surface area contributed by atoms with Gasteiger partial charge in [-0.2, -0.15) is 0 Å². The Hall–Kier alpha value is -3.03. The maximum atomic E-state index is 13.3. The lowest BCUT2D eigenvalue weighted by atomic mass is 10.0. The predicted molar refractivity (Wildman–Crippen MR) is 131 cm³/mol. The van der Waals surface area contributed by atoms with E-state index in [-0.39, 0.29) is 6.42 Å². The van der Waals surface area contributed by atoms with E-state index in [0.29, 0.717) is 21.5 Å². The molecule has 5 rings (SSSR count). The Morgan fingerprint density at radius 1 is 0.848 bits per heavy atom. The van der Waals surface area contributed by atoms with Crippen LogP contribution in [0, 0.1) is 0 Å². The second kappa shape index (κ2) is 9.45. The van der Waals surface area contributed by atoms with Crippen LogP contribution in [-0.2, 0) is 11.2 Å². The van der Waals surface area contributed by atoms with E-state index >= 15 is 0 Å². The van der Waals surface area contributed by atoms with E-state index in [0.717, 1.165) is 22.0 Å². The van der Waals surface area contributed by atoms with Crippen LogP contribution in [0.4, 0.5) is 0 Å². The number of carbonyl (C=O) groups is 3. The monoisotopic (exact) mass is 475 g/mol. The molecule has 166 valence electrons. The van der Waals surface area contributed by atoms with Crippen LogP contribution in [0.5, 0.6) is 5.75 Å². The van der Waals surface area contributed by atoms with Crippen LogP contribution >= 0.6 is 23.5 Å². The SMILES string of the molecule is O=C(Oc1ccc(C2SCCS2)cc1)C(Cc1ccccc1)N1C(=O)c2ccccc2C1=O. The summed E-state index contributed by atoms with van der Waals surface area (Å²) in [6.07, 6.45) is 0.179. The molecule has 0 bridgehead atoms. The number of hydrogen-bond acceptors (Lipinski definition) is 6. The molecule has 1 unspecified atom stereocenters. The zero-order valence-corrected chi connectivity index (χ0v) is 19.3. The average molecular weight is 476 g/mol. The van der Waals surface area contributed by atoms with E-state index in [4.69, 9.17) is 4.74 Å². The number of esters is 1. The summed E-state index contributed by atoms with van der Waals surface area (Å²) in [6, 6.07) is 22.4. The summed E-state index contributed by atoms with van der Waals surface area (Å²) in [5.41, 5.74) is 2.64. The van der Waals surface area contributed by atoms with E-state index in [1.54, 1.807) is 36.4 Å². The highest BCUT2D eigenvalue weighted by Gasteiger charge is 2.43. The molecule has 0 aliphatic carbocycles. The Balaban J connectivity index is 1.40. The molecule has 33 heavy (non-hydrogen) atoms. The molecule has 1 saturated heterocycles. The van der Waals surface area contributed by atoms with Gasteiger partial charge in [0, 0.05) is 17.9 Å². The lowest BCUT2D eigenvalue weighted by molar-refractivity contribution is -0.138. The third-order valence-electron chi connectivity index (χ3n) is 5.67. The second-order valence-corrected chi connectivity index (χ2v) is 10.5. The van der Waals surface area contributed by atoms with Crippen LogP contribution in [-0.4, -0.2) is 40.2 Å². The van der Waals surface area contributed by atoms with Gasteiger partial charge in [0.15, 0.2) is 0 Å². The summed E-state index contributed by atoms with van der Waals surface area (Å²) in [6.45, 7) is 0. The average Bonchev–Trinajstić information content (AvgIpc) is 3.47. The van der Waals surface area contributed by atoms with Crippen LogP contribution in [0.1, 0.15) is 36.4 Å². The number of fused-ring (bicyclic) bond motifs is 1. The third kappa shape index (κ3) is 4.43. The van der Waals surface area contributed by atoms with Gasteiger partial charge in [0.05, 0.1) is 15.7 Å². The van der Waals surface area contributed by atoms with E-state index < -0.39 is 23.8 Å². The molecule has 0 N–H and O–H groups in total. The number of amides is 2. The molecular weight excluding hydrogens is 454 g/mol. The minimum atomic E-state index is -1.07. The second-order valence-electron chi connectivity index (χ2n) is 7.80. The summed E-state index contributed by atoms with van der Waals surface area (Å²) in [4.78, 5) is 40.5. The molecule has 3 aromatic carbocycles. The first-order valence-corrected chi connectivity index (χ1v) is 12.8. The molecule has 5 nitrogen and oxygen atoms in total. The third-order valence-corrected chi connectivity index (χ3v) is 8.78. The van der Waals surface area contributed by atoms with Crippen molar-refractivity contribution in [3.8, 4) is 5.75 Å². The van der Waals surface area contributed by atoms with E-state index in [2.05, 4.69) is 0 Å². The minimum absolute atomic E-state index is 0.179. The quantitative estimate of drug-likeness (QED) is 0.285. The smallest absolute Gasteiger partial charge is 0.335 e. The van der Waals surface area contributed by atoms with Crippen molar-refractivity contribution in [1.29, 1.82) is 0 Å². The number of carbonyl (C=O) groups excluding carboxylic acids is 3. The Kier molecular flexibility index (Phi) is 6.24. The lowest BCUT2D eigenvalue weighted by Crippen LogP contribution is -2.48. The molecular formula is C26H21NO4S2. The number of ether oxygens (including phenoxy) is 1. The van der Waals surface area contributed by atoms with E-state index in [1.807, 2.05) is 66.0 Å². The number of benzene rings is 3. The van der Waals surface area contributed by atoms with Gasteiger partial charge in [-0.1, -0.05) is 54.6 Å². The molecule has 1 atom stereocenters. The van der Waals surface area contributed by atoms with Crippen molar-refractivity contribution in [2.75, 3.05) is 11.5 Å². The van der Waals surface area contributed by atoms with Crippen LogP contribution in [0.15, 0.2) is 78.9 Å². The maximum absolute atomic E-state index is 13.3. The number of imide groups is 1. The number of rotatable bonds is 6. The van der Waals surface area contributed by atoms with Crippen molar-refractivity contribution in [3.63, 3.8) is 0 Å². The molecule has 2 amide bonds. The van der Waals surface area contributed by atoms with Crippen molar-refractivity contribution >= 4 is 41.3 Å². The molecule has 0 aromatic heterocycles. The molecule has 7 heteroatoms. The molecule has 0 saturated carbocycles. The van der Waals surface area contributed by atoms with Gasteiger partial charge < -0.3 is 4.74 Å². The first-order valence-electron chi connectivity index (χ1n) is 10.7. The molecule has 3 aromatic rings. The molecule has 1 fully saturated rings. The van der Waals surface area contributed by atoms with Crippen LogP contribution < -0.4 is 4.74 Å². The number of thioether (sulfide) groups is 2. The molecule has 2 aliphatic rings. The Morgan fingerprint density at radius 3 is 2.03 bits per heavy atom. The normalized spacial score (nSPS) is 16.7. The maximum Gasteiger partial charge on any atom is 0.335 e. The van der Waals surface area contributed by atoms with Gasteiger partial charge in [-0.05, 0) is 35.4 Å². The van der Waals surface area contributed by atoms with Crippen molar-refractivity contribution in [3.05, 3.63) is 101 Å². The largest absolute Gasteiger partial charge is 0.425 e. The first kappa shape index (κ1) is 21.8. The lowest BCUT2D eigenvalue weighted by Gasteiger charge is -2.24. The van der Waals surface area contributed by atoms with Crippen molar-refractivity contribution in [2.45, 2.75) is 17.0 Å². The van der Waals surface area contributed by atoms with Gasteiger partial charge >= 0.3 is 5.97 Å². The van der Waals surface area contributed by atoms with Gasteiger partial charge in [0.1, 0.15) is 11.8 Å². The van der Waals surface area contributed by atoms with Crippen LogP contribution in [0.3, 0.4) is 0 Å². The standard InChI is InChI=1S/C26H21NO4S2/c28-23-20-8-4-5-9-21(20)24(29)27(23)22(16-17-6-2-1-3-7-17)25(30)31-19-12-10-18(11-13-19)26-32-14-15-33-26/h1-13,22,26H,14-16H2. The fraction of sp³-hybridized carbons (Fsp3) is 0.192. The van der Waals surface area contributed by atoms with Crippen molar-refractivity contribution < 1.29 is 19.1 Å². The van der Waals surface area contributed by atoms with Gasteiger partial charge in [0.25, 0.3) is 11.8 Å². The highest BCUT2D eigenvalue weighted by Crippen LogP contribution is 2.45. The number of nitrogens with zero attached hydrogens (tertiary/aromatic N) is 1. The molecule has 0 spiro atoms. The molecule has 2 heterocycles. The van der Waals surface area contributed by atoms with Gasteiger partial charge in [-0.3, -0.25) is 14.5 Å². The van der Waals surface area contributed by atoms with E-state index in [1.165, 1.54) is 5.56 Å². The molecule has 0 radical (unpaired) electrons. The zero-order chi connectivity index (χ0) is 22.8. The number of hydrogen-bond donors (Lipinski definition) is 0. The summed E-state index contributed by atoms with van der Waals surface area (Å²) in [7, 11) is 0. The van der Waals surface area contributed by atoms with Crippen LogP contribution in [0.2, 0.25) is 0 Å². The fourth-order valence-electron chi connectivity index (χ4n) is 4.04. The highest BCUT2D eigenvalue weighted by atomic mass is 32.2. The Bertz CT molecular complexity index is 1160. The van der Waals surface area contributed by atoms with Crippen molar-refractivity contribution in [1.82, 2.24) is 4.90 Å². The topological polar surface area (TPSA) is 63.7 Å². The highest BCUT2D eigenvalue weighted by molar-refractivity contribution is 8.19. The van der Waals surface area contributed by atoms with Gasteiger partial charge in [-0.15, -0.1) is 23.5 Å². The van der Waals surface area contributed by atoms with Gasteiger partial charge in [0.2, 0.25) is 0 Å². The zero-order valence-electron chi connectivity index (χ0n) is 17.7. The Morgan fingerprint density at radius 2 is 1.42 bits per heavy atom. The van der Waals surface area contributed by atoms with Crippen molar-refractivity contribution in [2.24, 2.45) is 0 Å². The van der Waals surface area contributed by atoms with Gasteiger partial charge in [-0.25, -0.2) is 4.79 Å². The van der Waals surface area contributed by atoms with E-state index in [9.17, 15) is 14.4 Å². The fourth-order valence-corrected chi connectivity index (χ4v) is 6.90. The summed E-state index contributed by atoms with van der Waals surface area (Å²) >= 11 is 3.81. The first-order chi connectivity index (χ1) is 16.1.